The van der Waals surface area contributed by atoms with Crippen LogP contribution >= 0.6 is 0 Å². The second kappa shape index (κ2) is 3.97. The third kappa shape index (κ3) is 2.49. The molecule has 1 rings (SSSR count). The minimum Gasteiger partial charge on any atom is -0.352 e. The van der Waals surface area contributed by atoms with Crippen molar-refractivity contribution in [3.63, 3.8) is 0 Å². The highest BCUT2D eigenvalue weighted by Gasteiger charge is 2.14. The highest BCUT2D eigenvalue weighted by atomic mass is 32.2. The summed E-state index contributed by atoms with van der Waals surface area (Å²) >= 11 is 0. The summed E-state index contributed by atoms with van der Waals surface area (Å²) in [7, 11) is -3.35. The summed E-state index contributed by atoms with van der Waals surface area (Å²) in [5.41, 5.74) is 0. The Balaban J connectivity index is 2.96. The molecule has 0 aromatic rings. The number of terminal acetylenes is 1. The molecule has 0 bridgehead atoms. The highest BCUT2D eigenvalue weighted by molar-refractivity contribution is 7.95. The first-order valence-corrected chi connectivity index (χ1v) is 5.28. The fourth-order valence-corrected chi connectivity index (χ4v) is 1.73. The van der Waals surface area contributed by atoms with E-state index in [9.17, 15) is 8.42 Å². The van der Waals surface area contributed by atoms with Gasteiger partial charge in [-0.3, -0.25) is 0 Å². The Hall–Kier alpha value is -1.47. The summed E-state index contributed by atoms with van der Waals surface area (Å²) in [5, 5.41) is 2.78. The van der Waals surface area contributed by atoms with Crippen molar-refractivity contribution in [1.29, 1.82) is 0 Å². The predicted octanol–water partition coefficient (Wildman–Crippen LogP) is 0.549. The zero-order valence-corrected chi connectivity index (χ0v) is 7.71. The lowest BCUT2D eigenvalue weighted by Gasteiger charge is -2.03. The zero-order chi connectivity index (χ0) is 9.73. The van der Waals surface area contributed by atoms with Crippen LogP contribution in [0.3, 0.4) is 0 Å². The minimum absolute atomic E-state index is 0.135. The minimum atomic E-state index is -3.35. The molecule has 1 aliphatic heterocycles. The fourth-order valence-electron chi connectivity index (χ4n) is 0.822. The van der Waals surface area contributed by atoms with Gasteiger partial charge in [-0.1, -0.05) is 18.1 Å². The second-order valence-corrected chi connectivity index (χ2v) is 4.34. The Morgan fingerprint density at radius 2 is 2.15 bits per heavy atom. The van der Waals surface area contributed by atoms with Crippen LogP contribution in [0.2, 0.25) is 0 Å². The van der Waals surface area contributed by atoms with Gasteiger partial charge in [0.15, 0.2) is 0 Å². The largest absolute Gasteiger partial charge is 0.352 e. The van der Waals surface area contributed by atoms with E-state index in [0.29, 0.717) is 0 Å². The van der Waals surface area contributed by atoms with Crippen molar-refractivity contribution < 1.29 is 8.42 Å². The molecule has 0 radical (unpaired) electrons. The molecule has 68 valence electrons. The average Bonchev–Trinajstić information content (AvgIpc) is 2.31. The first-order chi connectivity index (χ1) is 6.17. The molecule has 0 aliphatic carbocycles. The standard InChI is InChI=1S/C9H9NO2S/c1-2-8-13(11,12)9-6-4-3-5-7-10-9/h1,3-7,10H,8H2. The van der Waals surface area contributed by atoms with E-state index in [1.807, 2.05) is 0 Å². The Kier molecular flexibility index (Phi) is 2.93. The molecule has 0 atom stereocenters. The lowest BCUT2D eigenvalue weighted by atomic mass is 10.5. The summed E-state index contributed by atoms with van der Waals surface area (Å²) < 4.78 is 22.8. The van der Waals surface area contributed by atoms with Crippen molar-refractivity contribution in [2.75, 3.05) is 5.75 Å². The van der Waals surface area contributed by atoms with Crippen LogP contribution in [-0.2, 0) is 9.84 Å². The number of sulfone groups is 1. The molecule has 0 saturated carbocycles. The monoisotopic (exact) mass is 195 g/mol. The summed E-state index contributed by atoms with van der Waals surface area (Å²) in [6, 6.07) is 0. The smallest absolute Gasteiger partial charge is 0.204 e. The molecule has 4 heteroatoms. The van der Waals surface area contributed by atoms with Gasteiger partial charge in [0.25, 0.3) is 0 Å². The molecule has 1 N–H and O–H groups in total. The molecular weight excluding hydrogens is 186 g/mol. The molecule has 0 aromatic heterocycles. The van der Waals surface area contributed by atoms with Gasteiger partial charge < -0.3 is 5.32 Å². The van der Waals surface area contributed by atoms with E-state index in [-0.39, 0.29) is 10.8 Å². The first kappa shape index (κ1) is 9.62. The van der Waals surface area contributed by atoms with E-state index in [1.165, 1.54) is 6.08 Å². The van der Waals surface area contributed by atoms with Gasteiger partial charge in [-0.25, -0.2) is 8.42 Å². The summed E-state index contributed by atoms with van der Waals surface area (Å²) in [6.45, 7) is 0. The lowest BCUT2D eigenvalue weighted by Crippen LogP contribution is -2.17. The average molecular weight is 195 g/mol. The number of allylic oxidation sites excluding steroid dienone is 4. The van der Waals surface area contributed by atoms with Crippen LogP contribution in [-0.4, -0.2) is 14.2 Å². The van der Waals surface area contributed by atoms with E-state index in [2.05, 4.69) is 11.2 Å². The van der Waals surface area contributed by atoms with Crippen molar-refractivity contribution in [2.24, 2.45) is 0 Å². The van der Waals surface area contributed by atoms with Gasteiger partial charge in [-0.15, -0.1) is 6.42 Å². The maximum Gasteiger partial charge on any atom is 0.204 e. The van der Waals surface area contributed by atoms with E-state index in [1.54, 1.807) is 24.4 Å². The van der Waals surface area contributed by atoms with Gasteiger partial charge in [0.1, 0.15) is 10.8 Å². The van der Waals surface area contributed by atoms with Crippen molar-refractivity contribution in [3.05, 3.63) is 35.5 Å². The van der Waals surface area contributed by atoms with Gasteiger partial charge in [0, 0.05) is 6.20 Å². The Labute approximate surface area is 77.8 Å². The maximum atomic E-state index is 11.4. The molecule has 1 heterocycles. The van der Waals surface area contributed by atoms with E-state index >= 15 is 0 Å². The predicted molar refractivity (Wildman–Crippen MR) is 52.1 cm³/mol. The molecule has 0 amide bonds. The Morgan fingerprint density at radius 3 is 2.85 bits per heavy atom. The molecule has 3 nitrogen and oxygen atoms in total. The van der Waals surface area contributed by atoms with Gasteiger partial charge in [-0.05, 0) is 12.2 Å². The van der Waals surface area contributed by atoms with Crippen LogP contribution in [0.15, 0.2) is 35.5 Å². The van der Waals surface area contributed by atoms with Gasteiger partial charge in [0.05, 0.1) is 0 Å². The third-order valence-corrected chi connectivity index (χ3v) is 2.87. The molecule has 0 unspecified atom stereocenters. The number of rotatable bonds is 2. The fraction of sp³-hybridized carbons (Fsp3) is 0.111. The Bertz CT molecular complexity index is 407. The number of hydrogen-bond donors (Lipinski definition) is 1. The highest BCUT2D eigenvalue weighted by Crippen LogP contribution is 2.05. The van der Waals surface area contributed by atoms with E-state index in [4.69, 9.17) is 6.42 Å². The summed E-state index contributed by atoms with van der Waals surface area (Å²) in [6.07, 6.45) is 13.0. The van der Waals surface area contributed by atoms with Gasteiger partial charge in [0.2, 0.25) is 9.84 Å². The van der Waals surface area contributed by atoms with Crippen LogP contribution in [0, 0.1) is 12.3 Å². The summed E-state index contributed by atoms with van der Waals surface area (Å²) in [4.78, 5) is 0. The van der Waals surface area contributed by atoms with Crippen molar-refractivity contribution >= 4 is 9.84 Å². The van der Waals surface area contributed by atoms with Crippen LogP contribution in [0.4, 0.5) is 0 Å². The van der Waals surface area contributed by atoms with Crippen LogP contribution in [0.1, 0.15) is 0 Å². The SMILES string of the molecule is C#CCS(=O)(=O)C1=CC=CC=CN1. The van der Waals surface area contributed by atoms with Crippen LogP contribution < -0.4 is 5.32 Å². The molecule has 0 aromatic carbocycles. The number of nitrogens with one attached hydrogen (secondary N) is 1. The van der Waals surface area contributed by atoms with Crippen LogP contribution in [0.25, 0.3) is 0 Å². The number of hydrogen-bond acceptors (Lipinski definition) is 3. The van der Waals surface area contributed by atoms with Crippen molar-refractivity contribution in [3.8, 4) is 12.3 Å². The molecule has 1 aliphatic rings. The topological polar surface area (TPSA) is 46.2 Å². The van der Waals surface area contributed by atoms with Gasteiger partial charge in [-0.2, -0.15) is 0 Å². The van der Waals surface area contributed by atoms with Crippen molar-refractivity contribution in [1.82, 2.24) is 5.32 Å². The molecule has 0 saturated heterocycles. The normalized spacial score (nSPS) is 15.5. The maximum absolute atomic E-state index is 11.4. The lowest BCUT2D eigenvalue weighted by molar-refractivity contribution is 0.603. The van der Waals surface area contributed by atoms with E-state index in [0.717, 1.165) is 0 Å². The Morgan fingerprint density at radius 1 is 1.38 bits per heavy atom. The van der Waals surface area contributed by atoms with Crippen molar-refractivity contribution in [2.45, 2.75) is 0 Å². The first-order valence-electron chi connectivity index (χ1n) is 3.63. The van der Waals surface area contributed by atoms with Crippen LogP contribution in [0.5, 0.6) is 0 Å². The second-order valence-electron chi connectivity index (χ2n) is 2.38. The molecule has 0 fully saturated rings. The summed E-state index contributed by atoms with van der Waals surface area (Å²) in [5.74, 6) is 1.82. The quantitative estimate of drug-likeness (QED) is 0.654. The zero-order valence-electron chi connectivity index (χ0n) is 6.90. The van der Waals surface area contributed by atoms with Gasteiger partial charge >= 0.3 is 0 Å². The third-order valence-electron chi connectivity index (χ3n) is 1.40. The molecule has 0 spiro atoms. The molecular formula is C9H9NO2S. The van der Waals surface area contributed by atoms with E-state index < -0.39 is 9.84 Å². The molecule has 13 heavy (non-hydrogen) atoms.